The molecule has 0 aliphatic carbocycles. The number of amides is 1. The first-order valence-electron chi connectivity index (χ1n) is 8.50. The van der Waals surface area contributed by atoms with Crippen molar-refractivity contribution in [2.45, 2.75) is 0 Å². The second kappa shape index (κ2) is 7.20. The summed E-state index contributed by atoms with van der Waals surface area (Å²) >= 11 is 0. The summed E-state index contributed by atoms with van der Waals surface area (Å²) < 4.78 is 3.50. The highest BCUT2D eigenvalue weighted by molar-refractivity contribution is 6.07. The fourth-order valence-corrected chi connectivity index (χ4v) is 2.92. The molecule has 138 valence electrons. The van der Waals surface area contributed by atoms with Gasteiger partial charge >= 0.3 is 0 Å². The highest BCUT2D eigenvalue weighted by Gasteiger charge is 2.16. The van der Waals surface area contributed by atoms with Gasteiger partial charge < -0.3 is 15.2 Å². The Morgan fingerprint density at radius 3 is 2.89 bits per heavy atom. The lowest BCUT2D eigenvalue weighted by Crippen LogP contribution is -2.23. The lowest BCUT2D eigenvalue weighted by atomic mass is 10.1. The largest absolute Gasteiger partial charge is 0.339 e. The van der Waals surface area contributed by atoms with Crippen LogP contribution in [0.2, 0.25) is 0 Å². The number of fused-ring (bicyclic) bond motifs is 1. The van der Waals surface area contributed by atoms with Gasteiger partial charge in [-0.05, 0) is 12.1 Å². The van der Waals surface area contributed by atoms with Crippen LogP contribution >= 0.6 is 0 Å². The van der Waals surface area contributed by atoms with E-state index in [1.54, 1.807) is 29.3 Å². The summed E-state index contributed by atoms with van der Waals surface area (Å²) in [6, 6.07) is 11.2. The smallest absolute Gasteiger partial charge is 0.254 e. The van der Waals surface area contributed by atoms with Gasteiger partial charge in [0.15, 0.2) is 0 Å². The summed E-state index contributed by atoms with van der Waals surface area (Å²) in [6.07, 6.45) is 6.86. The minimum Gasteiger partial charge on any atom is -0.339 e. The van der Waals surface area contributed by atoms with Crippen LogP contribution in [0.3, 0.4) is 0 Å². The molecule has 0 unspecified atom stereocenters. The maximum atomic E-state index is 12.4. The molecule has 9 nitrogen and oxygen atoms in total. The quantitative estimate of drug-likeness (QED) is 0.519. The van der Waals surface area contributed by atoms with Crippen LogP contribution in [0, 0.1) is 11.3 Å². The zero-order chi connectivity index (χ0) is 19.5. The second-order valence-electron chi connectivity index (χ2n) is 6.04. The Hall–Kier alpha value is -4.19. The number of aromatic nitrogens is 5. The van der Waals surface area contributed by atoms with E-state index in [0.717, 1.165) is 16.6 Å². The Morgan fingerprint density at radius 2 is 2.11 bits per heavy atom. The topological polar surface area (TPSA) is 113 Å². The third-order valence-corrected chi connectivity index (χ3v) is 4.13. The number of nitriles is 1. The van der Waals surface area contributed by atoms with Crippen molar-refractivity contribution in [2.24, 2.45) is 7.05 Å². The molecular formula is C19H16N8O. The van der Waals surface area contributed by atoms with Gasteiger partial charge in [0.1, 0.15) is 12.4 Å². The normalized spacial score (nSPS) is 10.6. The van der Waals surface area contributed by atoms with E-state index in [9.17, 15) is 4.79 Å². The number of hydrogen-bond acceptors (Lipinski definition) is 6. The zero-order valence-electron chi connectivity index (χ0n) is 15.0. The molecule has 1 aromatic carbocycles. The van der Waals surface area contributed by atoms with Gasteiger partial charge in [0.25, 0.3) is 5.91 Å². The molecule has 0 bridgehead atoms. The van der Waals surface area contributed by atoms with Gasteiger partial charge in [0, 0.05) is 31.0 Å². The van der Waals surface area contributed by atoms with E-state index < -0.39 is 0 Å². The Labute approximate surface area is 160 Å². The van der Waals surface area contributed by atoms with Crippen LogP contribution in [-0.4, -0.2) is 36.8 Å². The molecule has 0 atom stereocenters. The van der Waals surface area contributed by atoms with Crippen LogP contribution < -0.4 is 10.6 Å². The van der Waals surface area contributed by atoms with Gasteiger partial charge in [0.2, 0.25) is 5.95 Å². The number of aryl methyl sites for hydroxylation is 1. The third kappa shape index (κ3) is 3.26. The van der Waals surface area contributed by atoms with E-state index >= 15 is 0 Å². The Kier molecular flexibility index (Phi) is 4.43. The molecule has 0 saturated carbocycles. The molecule has 0 saturated heterocycles. The molecule has 3 heterocycles. The molecule has 28 heavy (non-hydrogen) atoms. The minimum atomic E-state index is -0.306. The SMILES string of the molecule is Cn1cc(Nc2nccc(-n3cc(C(=O)NCC#N)c4ccccc43)n2)cn1. The highest BCUT2D eigenvalue weighted by Crippen LogP contribution is 2.24. The van der Waals surface area contributed by atoms with Crippen LogP contribution in [0.4, 0.5) is 11.6 Å². The molecule has 4 aromatic rings. The van der Waals surface area contributed by atoms with Crippen LogP contribution in [0.25, 0.3) is 16.7 Å². The predicted molar refractivity (Wildman–Crippen MR) is 103 cm³/mol. The number of nitrogens with one attached hydrogen (secondary N) is 2. The standard InChI is InChI=1S/C19H16N8O/c1-26-11-13(10-23-26)24-19-22-8-6-17(25-19)27-12-15(18(28)21-9-7-20)14-4-2-3-5-16(14)27/h2-6,8,10-12H,9H2,1H3,(H,21,28)(H,22,24,25). The summed E-state index contributed by atoms with van der Waals surface area (Å²) in [5.74, 6) is 0.718. The number of rotatable bonds is 5. The highest BCUT2D eigenvalue weighted by atomic mass is 16.1. The summed E-state index contributed by atoms with van der Waals surface area (Å²) in [4.78, 5) is 21.2. The first-order valence-corrected chi connectivity index (χ1v) is 8.50. The molecule has 3 aromatic heterocycles. The van der Waals surface area contributed by atoms with E-state index in [-0.39, 0.29) is 12.5 Å². The first kappa shape index (κ1) is 17.2. The Balaban J connectivity index is 1.74. The van der Waals surface area contributed by atoms with Gasteiger partial charge in [-0.25, -0.2) is 4.98 Å². The molecule has 1 amide bonds. The van der Waals surface area contributed by atoms with Crippen LogP contribution in [0.15, 0.2) is 55.1 Å². The fourth-order valence-electron chi connectivity index (χ4n) is 2.92. The average Bonchev–Trinajstić information content (AvgIpc) is 3.30. The molecule has 0 fully saturated rings. The van der Waals surface area contributed by atoms with Crippen LogP contribution in [0.5, 0.6) is 0 Å². The lowest BCUT2D eigenvalue weighted by molar-refractivity contribution is 0.0960. The molecule has 0 spiro atoms. The number of para-hydroxylation sites is 1. The van der Waals surface area contributed by atoms with E-state index in [4.69, 9.17) is 5.26 Å². The summed E-state index contributed by atoms with van der Waals surface area (Å²) in [5, 5.41) is 19.3. The minimum absolute atomic E-state index is 0.0506. The number of carbonyl (C=O) groups is 1. The van der Waals surface area contributed by atoms with Crippen molar-refractivity contribution in [2.75, 3.05) is 11.9 Å². The Morgan fingerprint density at radius 1 is 1.25 bits per heavy atom. The molecule has 0 radical (unpaired) electrons. The molecule has 4 rings (SSSR count). The number of anilines is 2. The van der Waals surface area contributed by atoms with Crippen molar-refractivity contribution < 1.29 is 4.79 Å². The fraction of sp³-hybridized carbons (Fsp3) is 0.105. The molecule has 0 aliphatic heterocycles. The molecular weight excluding hydrogens is 356 g/mol. The second-order valence-corrected chi connectivity index (χ2v) is 6.04. The number of nitrogens with zero attached hydrogens (tertiary/aromatic N) is 6. The van der Waals surface area contributed by atoms with Crippen molar-refractivity contribution in [3.63, 3.8) is 0 Å². The number of benzene rings is 1. The summed E-state index contributed by atoms with van der Waals surface area (Å²) in [5.41, 5.74) is 2.08. The molecule has 0 aliphatic rings. The maximum absolute atomic E-state index is 12.4. The summed E-state index contributed by atoms with van der Waals surface area (Å²) in [6.45, 7) is -0.0506. The van der Waals surface area contributed by atoms with E-state index in [2.05, 4.69) is 25.7 Å². The zero-order valence-corrected chi connectivity index (χ0v) is 15.0. The molecule has 9 heteroatoms. The van der Waals surface area contributed by atoms with Gasteiger partial charge in [0.05, 0.1) is 29.0 Å². The Bertz CT molecular complexity index is 1200. The van der Waals surface area contributed by atoms with Crippen molar-refractivity contribution >= 4 is 28.4 Å². The van der Waals surface area contributed by atoms with Crippen molar-refractivity contribution in [1.82, 2.24) is 29.6 Å². The van der Waals surface area contributed by atoms with Crippen LogP contribution in [0.1, 0.15) is 10.4 Å². The number of hydrogen-bond donors (Lipinski definition) is 2. The number of carbonyl (C=O) groups excluding carboxylic acids is 1. The average molecular weight is 372 g/mol. The van der Waals surface area contributed by atoms with Gasteiger partial charge in [-0.15, -0.1) is 0 Å². The van der Waals surface area contributed by atoms with E-state index in [0.29, 0.717) is 17.3 Å². The lowest BCUT2D eigenvalue weighted by Gasteiger charge is -2.07. The van der Waals surface area contributed by atoms with Gasteiger partial charge in [-0.3, -0.25) is 9.48 Å². The predicted octanol–water partition coefficient (Wildman–Crippen LogP) is 2.15. The van der Waals surface area contributed by atoms with Crippen LogP contribution in [-0.2, 0) is 7.05 Å². The van der Waals surface area contributed by atoms with Crippen molar-refractivity contribution in [3.8, 4) is 11.9 Å². The van der Waals surface area contributed by atoms with Gasteiger partial charge in [-0.1, -0.05) is 18.2 Å². The maximum Gasteiger partial charge on any atom is 0.254 e. The van der Waals surface area contributed by atoms with Crippen molar-refractivity contribution in [1.29, 1.82) is 5.26 Å². The van der Waals surface area contributed by atoms with Crippen molar-refractivity contribution in [3.05, 3.63) is 60.7 Å². The first-order chi connectivity index (χ1) is 13.7. The van der Waals surface area contributed by atoms with Gasteiger partial charge in [-0.2, -0.15) is 15.3 Å². The monoisotopic (exact) mass is 372 g/mol. The summed E-state index contributed by atoms with van der Waals surface area (Å²) in [7, 11) is 1.83. The molecule has 2 N–H and O–H groups in total. The van der Waals surface area contributed by atoms with E-state index in [1.165, 1.54) is 0 Å². The third-order valence-electron chi connectivity index (χ3n) is 4.13. The van der Waals surface area contributed by atoms with E-state index in [1.807, 2.05) is 48.1 Å².